The molecule has 0 aliphatic heterocycles. The molecule has 4 aromatic rings. The lowest BCUT2D eigenvalue weighted by atomic mass is 10.1. The van der Waals surface area contributed by atoms with Crippen LogP contribution in [-0.2, 0) is 19.5 Å². The number of oxazole rings is 1. The first-order valence-electron chi connectivity index (χ1n) is 10.7. The summed E-state index contributed by atoms with van der Waals surface area (Å²) in [4.78, 5) is 13.4. The van der Waals surface area contributed by atoms with Gasteiger partial charge >= 0.3 is 0 Å². The molecule has 0 bridgehead atoms. The normalized spacial score (nSPS) is 11.2. The molecule has 2 heterocycles. The third-order valence-corrected chi connectivity index (χ3v) is 5.15. The van der Waals surface area contributed by atoms with Crippen molar-refractivity contribution in [2.45, 2.75) is 26.4 Å². The zero-order valence-corrected chi connectivity index (χ0v) is 21.2. The Labute approximate surface area is 211 Å². The van der Waals surface area contributed by atoms with Crippen molar-refractivity contribution in [2.75, 3.05) is 13.6 Å². The van der Waals surface area contributed by atoms with E-state index in [0.29, 0.717) is 18.4 Å². The maximum absolute atomic E-state index is 5.63. The van der Waals surface area contributed by atoms with Crippen LogP contribution >= 0.6 is 24.0 Å². The summed E-state index contributed by atoms with van der Waals surface area (Å²) in [6.07, 6.45) is 6.34. The predicted octanol–water partition coefficient (Wildman–Crippen LogP) is 4.42. The fraction of sp³-hybridized carbons (Fsp3) is 0.240. The minimum atomic E-state index is 0. The molecule has 0 radical (unpaired) electrons. The zero-order chi connectivity index (χ0) is 22.2. The highest BCUT2D eigenvalue weighted by Crippen LogP contribution is 2.19. The van der Waals surface area contributed by atoms with Gasteiger partial charge in [-0.1, -0.05) is 48.0 Å². The van der Waals surface area contributed by atoms with E-state index in [2.05, 4.69) is 61.4 Å². The number of hydrogen-bond donors (Lipinski definition) is 2. The van der Waals surface area contributed by atoms with Crippen molar-refractivity contribution >= 4 is 29.9 Å². The molecular formula is C25H29IN6O. The fourth-order valence-electron chi connectivity index (χ4n) is 3.40. The maximum Gasteiger partial charge on any atom is 0.226 e. The lowest BCUT2D eigenvalue weighted by Gasteiger charge is -2.12. The van der Waals surface area contributed by atoms with Crippen LogP contribution in [0.25, 0.3) is 11.5 Å². The van der Waals surface area contributed by atoms with Gasteiger partial charge in [-0.25, -0.2) is 9.97 Å². The molecule has 0 atom stereocenters. The van der Waals surface area contributed by atoms with Gasteiger partial charge in [0.25, 0.3) is 0 Å². The Kier molecular flexibility index (Phi) is 9.05. The highest BCUT2D eigenvalue weighted by molar-refractivity contribution is 14.0. The summed E-state index contributed by atoms with van der Waals surface area (Å²) in [5.74, 6) is 2.37. The molecular weight excluding hydrogens is 527 g/mol. The quantitative estimate of drug-likeness (QED) is 0.191. The number of imidazole rings is 1. The molecule has 2 N–H and O–H groups in total. The van der Waals surface area contributed by atoms with Crippen LogP contribution in [0.15, 0.2) is 82.7 Å². The molecule has 0 saturated carbocycles. The van der Waals surface area contributed by atoms with Crippen LogP contribution in [0, 0.1) is 6.92 Å². The van der Waals surface area contributed by atoms with E-state index in [-0.39, 0.29) is 24.0 Å². The monoisotopic (exact) mass is 556 g/mol. The van der Waals surface area contributed by atoms with Crippen molar-refractivity contribution in [1.29, 1.82) is 0 Å². The molecule has 0 saturated heterocycles. The Balaban J connectivity index is 0.00000306. The first-order chi connectivity index (χ1) is 15.7. The molecule has 7 nitrogen and oxygen atoms in total. The number of nitrogens with zero attached hydrogens (tertiary/aromatic N) is 4. The summed E-state index contributed by atoms with van der Waals surface area (Å²) in [6, 6.07) is 18.5. The molecule has 0 aliphatic rings. The van der Waals surface area contributed by atoms with Gasteiger partial charge in [-0.2, -0.15) is 0 Å². The van der Waals surface area contributed by atoms with Crippen molar-refractivity contribution in [3.05, 3.63) is 95.9 Å². The van der Waals surface area contributed by atoms with E-state index in [1.807, 2.05) is 42.7 Å². The SMILES string of the molecule is CN=C(NCCc1nccn1Cc1ccccc1)NCc1coc(-c2ccc(C)cc2)n1.I. The number of guanidine groups is 1. The number of nitrogens with one attached hydrogen (secondary N) is 2. The average molecular weight is 556 g/mol. The van der Waals surface area contributed by atoms with Gasteiger partial charge in [-0.3, -0.25) is 4.99 Å². The number of aliphatic imine (C=N–C) groups is 1. The summed E-state index contributed by atoms with van der Waals surface area (Å²) in [5, 5.41) is 6.62. The van der Waals surface area contributed by atoms with Crippen LogP contribution in [0.3, 0.4) is 0 Å². The van der Waals surface area contributed by atoms with Crippen LogP contribution < -0.4 is 10.6 Å². The van der Waals surface area contributed by atoms with Gasteiger partial charge in [0.05, 0.1) is 12.2 Å². The Morgan fingerprint density at radius 1 is 1.06 bits per heavy atom. The number of halogens is 1. The molecule has 0 unspecified atom stereocenters. The van der Waals surface area contributed by atoms with E-state index in [0.717, 1.165) is 36.6 Å². The second kappa shape index (κ2) is 12.2. The Morgan fingerprint density at radius 3 is 2.61 bits per heavy atom. The predicted molar refractivity (Wildman–Crippen MR) is 142 cm³/mol. The van der Waals surface area contributed by atoms with E-state index < -0.39 is 0 Å². The molecule has 2 aromatic heterocycles. The Bertz CT molecular complexity index is 1150. The topological polar surface area (TPSA) is 80.3 Å². The minimum absolute atomic E-state index is 0. The average Bonchev–Trinajstić information content (AvgIpc) is 3.47. The highest BCUT2D eigenvalue weighted by Gasteiger charge is 2.08. The first-order valence-corrected chi connectivity index (χ1v) is 10.7. The van der Waals surface area contributed by atoms with Gasteiger partial charge in [-0.15, -0.1) is 24.0 Å². The van der Waals surface area contributed by atoms with E-state index in [1.54, 1.807) is 13.3 Å². The van der Waals surface area contributed by atoms with Crippen molar-refractivity contribution in [1.82, 2.24) is 25.2 Å². The van der Waals surface area contributed by atoms with Crippen LogP contribution in [-0.4, -0.2) is 34.1 Å². The van der Waals surface area contributed by atoms with Gasteiger partial charge in [0.15, 0.2) is 5.96 Å². The largest absolute Gasteiger partial charge is 0.444 e. The molecule has 0 fully saturated rings. The standard InChI is InChI=1S/C25H28N6O.HI/c1-19-8-10-21(11-9-19)24-30-22(18-32-24)16-29-25(26-2)28-13-12-23-27-14-15-31(23)17-20-6-4-3-5-7-20;/h3-11,14-15,18H,12-13,16-17H2,1-2H3,(H2,26,28,29);1H. The fourth-order valence-corrected chi connectivity index (χ4v) is 3.40. The van der Waals surface area contributed by atoms with Gasteiger partial charge in [0.2, 0.25) is 5.89 Å². The third kappa shape index (κ3) is 6.92. The van der Waals surface area contributed by atoms with Crippen molar-refractivity contribution in [3.8, 4) is 11.5 Å². The number of benzene rings is 2. The lowest BCUT2D eigenvalue weighted by Crippen LogP contribution is -2.38. The van der Waals surface area contributed by atoms with E-state index >= 15 is 0 Å². The van der Waals surface area contributed by atoms with Gasteiger partial charge in [-0.05, 0) is 24.6 Å². The maximum atomic E-state index is 5.63. The van der Waals surface area contributed by atoms with E-state index in [1.165, 1.54) is 11.1 Å². The Morgan fingerprint density at radius 2 is 1.85 bits per heavy atom. The summed E-state index contributed by atoms with van der Waals surface area (Å²) in [5.41, 5.74) is 4.26. The summed E-state index contributed by atoms with van der Waals surface area (Å²) >= 11 is 0. The summed E-state index contributed by atoms with van der Waals surface area (Å²) in [7, 11) is 1.76. The van der Waals surface area contributed by atoms with Crippen molar-refractivity contribution in [3.63, 3.8) is 0 Å². The van der Waals surface area contributed by atoms with Crippen molar-refractivity contribution < 1.29 is 4.42 Å². The van der Waals surface area contributed by atoms with Crippen LogP contribution in [0.1, 0.15) is 22.6 Å². The van der Waals surface area contributed by atoms with Crippen LogP contribution in [0.4, 0.5) is 0 Å². The second-order valence-electron chi connectivity index (χ2n) is 7.57. The van der Waals surface area contributed by atoms with Gasteiger partial charge < -0.3 is 19.6 Å². The van der Waals surface area contributed by atoms with Crippen LogP contribution in [0.2, 0.25) is 0 Å². The summed E-state index contributed by atoms with van der Waals surface area (Å²) in [6.45, 7) is 4.12. The number of aromatic nitrogens is 3. The zero-order valence-electron chi connectivity index (χ0n) is 18.9. The Hall–Kier alpha value is -3.14. The van der Waals surface area contributed by atoms with E-state index in [9.17, 15) is 0 Å². The molecule has 8 heteroatoms. The molecule has 0 spiro atoms. The third-order valence-electron chi connectivity index (χ3n) is 5.15. The van der Waals surface area contributed by atoms with Crippen molar-refractivity contribution in [2.24, 2.45) is 4.99 Å². The number of hydrogen-bond acceptors (Lipinski definition) is 4. The number of aryl methyl sites for hydroxylation is 1. The lowest BCUT2D eigenvalue weighted by molar-refractivity contribution is 0.572. The molecule has 0 aliphatic carbocycles. The molecule has 172 valence electrons. The molecule has 0 amide bonds. The minimum Gasteiger partial charge on any atom is -0.444 e. The van der Waals surface area contributed by atoms with Gasteiger partial charge in [0.1, 0.15) is 12.1 Å². The second-order valence-corrected chi connectivity index (χ2v) is 7.57. The molecule has 2 aromatic carbocycles. The van der Waals surface area contributed by atoms with Gasteiger partial charge in [0, 0.05) is 44.5 Å². The summed E-state index contributed by atoms with van der Waals surface area (Å²) < 4.78 is 7.80. The smallest absolute Gasteiger partial charge is 0.226 e. The first kappa shape index (κ1) is 24.5. The molecule has 4 rings (SSSR count). The van der Waals surface area contributed by atoms with E-state index in [4.69, 9.17) is 4.42 Å². The highest BCUT2D eigenvalue weighted by atomic mass is 127. The molecule has 33 heavy (non-hydrogen) atoms. The van der Waals surface area contributed by atoms with Crippen LogP contribution in [0.5, 0.6) is 0 Å². The number of rotatable bonds is 8.